The second-order valence-corrected chi connectivity index (χ2v) is 2.51. The summed E-state index contributed by atoms with van der Waals surface area (Å²) in [5.41, 5.74) is 2.28. The minimum absolute atomic E-state index is 0.939. The third-order valence-corrected chi connectivity index (χ3v) is 1.71. The van der Waals surface area contributed by atoms with Crippen LogP contribution in [0.4, 0.5) is 5.69 Å². The van der Waals surface area contributed by atoms with Crippen LogP contribution < -0.4 is 0 Å². The molecule has 11 heavy (non-hydrogen) atoms. The normalized spacial score (nSPS) is 14.2. The van der Waals surface area contributed by atoms with Gasteiger partial charge in [0.1, 0.15) is 0 Å². The number of allylic oxidation sites excluding steroid dienone is 1. The molecule has 0 aromatic heterocycles. The van der Waals surface area contributed by atoms with Gasteiger partial charge in [-0.15, -0.1) is 0 Å². The summed E-state index contributed by atoms with van der Waals surface area (Å²) in [5, 5.41) is 0. The average molecular weight is 143 g/mol. The number of para-hydroxylation sites is 1. The van der Waals surface area contributed by atoms with Crippen molar-refractivity contribution in [3.63, 3.8) is 0 Å². The van der Waals surface area contributed by atoms with Gasteiger partial charge >= 0.3 is 0 Å². The molecule has 0 N–H and O–H groups in total. The molecule has 1 nitrogen and oxygen atoms in total. The monoisotopic (exact) mass is 143 g/mol. The smallest absolute Gasteiger partial charge is 0.0698 e. The third-order valence-electron chi connectivity index (χ3n) is 1.71. The highest BCUT2D eigenvalue weighted by molar-refractivity contribution is 5.75. The van der Waals surface area contributed by atoms with Crippen LogP contribution in [-0.4, -0.2) is 6.21 Å². The molecule has 0 unspecified atom stereocenters. The molecule has 0 fully saturated rings. The van der Waals surface area contributed by atoms with Gasteiger partial charge in [-0.2, -0.15) is 0 Å². The zero-order valence-corrected chi connectivity index (χ0v) is 6.20. The Kier molecular flexibility index (Phi) is 1.56. The van der Waals surface area contributed by atoms with E-state index in [2.05, 4.69) is 23.2 Å². The van der Waals surface area contributed by atoms with Crippen LogP contribution >= 0.6 is 0 Å². The SMILES string of the molecule is C1=Cc2ccccc2N=CC1. The molecule has 1 aliphatic heterocycles. The van der Waals surface area contributed by atoms with Crippen molar-refractivity contribution in [1.82, 2.24) is 0 Å². The number of hydrogen-bond donors (Lipinski definition) is 0. The van der Waals surface area contributed by atoms with E-state index in [0.717, 1.165) is 12.1 Å². The molecule has 0 saturated heterocycles. The van der Waals surface area contributed by atoms with Crippen molar-refractivity contribution in [2.45, 2.75) is 6.42 Å². The topological polar surface area (TPSA) is 12.4 Å². The lowest BCUT2D eigenvalue weighted by molar-refractivity contribution is 1.49. The molecule has 0 radical (unpaired) electrons. The van der Waals surface area contributed by atoms with Gasteiger partial charge in [0, 0.05) is 12.6 Å². The minimum Gasteiger partial charge on any atom is -0.260 e. The van der Waals surface area contributed by atoms with Crippen LogP contribution in [0.2, 0.25) is 0 Å². The number of rotatable bonds is 0. The zero-order chi connectivity index (χ0) is 7.52. The molecule has 0 amide bonds. The van der Waals surface area contributed by atoms with Crippen LogP contribution in [0.15, 0.2) is 35.3 Å². The predicted molar refractivity (Wildman–Crippen MR) is 48.2 cm³/mol. The van der Waals surface area contributed by atoms with E-state index in [1.54, 1.807) is 0 Å². The van der Waals surface area contributed by atoms with Gasteiger partial charge in [0.05, 0.1) is 5.69 Å². The summed E-state index contributed by atoms with van der Waals surface area (Å²) in [6, 6.07) is 8.15. The fourth-order valence-electron chi connectivity index (χ4n) is 1.15. The Morgan fingerprint density at radius 3 is 3.09 bits per heavy atom. The van der Waals surface area contributed by atoms with Crippen LogP contribution in [0.3, 0.4) is 0 Å². The molecule has 0 spiro atoms. The van der Waals surface area contributed by atoms with E-state index >= 15 is 0 Å². The first-order valence-corrected chi connectivity index (χ1v) is 3.75. The van der Waals surface area contributed by atoms with Crippen molar-refractivity contribution in [1.29, 1.82) is 0 Å². The van der Waals surface area contributed by atoms with Gasteiger partial charge in [0.2, 0.25) is 0 Å². The summed E-state index contributed by atoms with van der Waals surface area (Å²) in [5.74, 6) is 0. The fraction of sp³-hybridized carbons (Fsp3) is 0.100. The maximum absolute atomic E-state index is 4.30. The van der Waals surface area contributed by atoms with Crippen LogP contribution in [0.25, 0.3) is 6.08 Å². The molecule has 0 atom stereocenters. The molecule has 0 aliphatic carbocycles. The highest BCUT2D eigenvalue weighted by Crippen LogP contribution is 2.21. The molecular formula is C10H9N. The van der Waals surface area contributed by atoms with E-state index in [9.17, 15) is 0 Å². The molecule has 0 saturated carbocycles. The Balaban J connectivity index is 2.58. The summed E-state index contributed by atoms with van der Waals surface area (Å²) >= 11 is 0. The van der Waals surface area contributed by atoms with Gasteiger partial charge in [0.15, 0.2) is 0 Å². The molecule has 54 valence electrons. The fourth-order valence-corrected chi connectivity index (χ4v) is 1.15. The summed E-state index contributed by atoms with van der Waals surface area (Å²) < 4.78 is 0. The van der Waals surface area contributed by atoms with Crippen molar-refractivity contribution < 1.29 is 0 Å². The van der Waals surface area contributed by atoms with Gasteiger partial charge in [-0.1, -0.05) is 30.4 Å². The van der Waals surface area contributed by atoms with E-state index < -0.39 is 0 Å². The Morgan fingerprint density at radius 1 is 1.18 bits per heavy atom. The van der Waals surface area contributed by atoms with Gasteiger partial charge in [0.25, 0.3) is 0 Å². The average Bonchev–Trinajstić information content (AvgIpc) is 2.28. The number of aliphatic imine (C=N–C) groups is 1. The van der Waals surface area contributed by atoms with Crippen LogP contribution in [0.1, 0.15) is 12.0 Å². The molecular weight excluding hydrogens is 134 g/mol. The summed E-state index contributed by atoms with van der Waals surface area (Å²) in [6.45, 7) is 0. The van der Waals surface area contributed by atoms with Crippen molar-refractivity contribution in [2.75, 3.05) is 0 Å². The maximum atomic E-state index is 4.30. The van der Waals surface area contributed by atoms with Gasteiger partial charge in [-0.3, -0.25) is 4.99 Å². The van der Waals surface area contributed by atoms with Crippen molar-refractivity contribution in [3.05, 3.63) is 35.9 Å². The van der Waals surface area contributed by atoms with Crippen molar-refractivity contribution in [2.24, 2.45) is 4.99 Å². The van der Waals surface area contributed by atoms with Crippen LogP contribution in [0, 0.1) is 0 Å². The van der Waals surface area contributed by atoms with Crippen molar-refractivity contribution in [3.8, 4) is 0 Å². The number of nitrogens with zero attached hydrogens (tertiary/aromatic N) is 1. The molecule has 1 aliphatic rings. The van der Waals surface area contributed by atoms with Gasteiger partial charge < -0.3 is 0 Å². The van der Waals surface area contributed by atoms with E-state index in [-0.39, 0.29) is 0 Å². The zero-order valence-electron chi connectivity index (χ0n) is 6.20. The largest absolute Gasteiger partial charge is 0.260 e. The lowest BCUT2D eigenvalue weighted by Crippen LogP contribution is -1.70. The molecule has 0 bridgehead atoms. The maximum Gasteiger partial charge on any atom is 0.0698 e. The Hall–Kier alpha value is -1.37. The predicted octanol–water partition coefficient (Wildman–Crippen LogP) is 2.81. The summed E-state index contributed by atoms with van der Waals surface area (Å²) in [4.78, 5) is 4.30. The van der Waals surface area contributed by atoms with E-state index in [4.69, 9.17) is 0 Å². The van der Waals surface area contributed by atoms with Crippen LogP contribution in [-0.2, 0) is 0 Å². The molecule has 1 aromatic carbocycles. The molecule has 1 heteroatoms. The number of benzene rings is 1. The lowest BCUT2D eigenvalue weighted by Gasteiger charge is -1.95. The van der Waals surface area contributed by atoms with E-state index in [1.165, 1.54) is 5.56 Å². The first kappa shape index (κ1) is 6.35. The third kappa shape index (κ3) is 1.22. The quantitative estimate of drug-likeness (QED) is 0.529. The van der Waals surface area contributed by atoms with E-state index in [1.807, 2.05) is 24.4 Å². The molecule has 1 heterocycles. The van der Waals surface area contributed by atoms with Crippen LogP contribution in [0.5, 0.6) is 0 Å². The Morgan fingerprint density at radius 2 is 2.09 bits per heavy atom. The first-order valence-electron chi connectivity index (χ1n) is 3.75. The van der Waals surface area contributed by atoms with E-state index in [0.29, 0.717) is 0 Å². The lowest BCUT2D eigenvalue weighted by atomic mass is 10.2. The second kappa shape index (κ2) is 2.70. The second-order valence-electron chi connectivity index (χ2n) is 2.51. The van der Waals surface area contributed by atoms with Crippen molar-refractivity contribution >= 4 is 18.0 Å². The standard InChI is InChI=1S/C10H9N/c1-2-7-10-9(5-1)6-3-4-8-11-10/h1-3,5-8H,4H2. The van der Waals surface area contributed by atoms with Gasteiger partial charge in [-0.05, 0) is 11.6 Å². The highest BCUT2D eigenvalue weighted by Gasteiger charge is 1.96. The summed E-state index contributed by atoms with van der Waals surface area (Å²) in [7, 11) is 0. The molecule has 1 aromatic rings. The first-order chi connectivity index (χ1) is 5.47. The van der Waals surface area contributed by atoms with Gasteiger partial charge in [-0.25, -0.2) is 0 Å². The molecule has 2 rings (SSSR count). The summed E-state index contributed by atoms with van der Waals surface area (Å²) in [6.07, 6.45) is 7.11. The highest BCUT2D eigenvalue weighted by atomic mass is 14.7. The minimum atomic E-state index is 0.939. The Labute approximate surface area is 66.1 Å². The number of hydrogen-bond acceptors (Lipinski definition) is 1. The number of fused-ring (bicyclic) bond motifs is 1. The Bertz CT molecular complexity index is 279.